The summed E-state index contributed by atoms with van der Waals surface area (Å²) in [5.74, 6) is 1.43. The van der Waals surface area contributed by atoms with Gasteiger partial charge in [-0.25, -0.2) is 9.67 Å². The average Bonchev–Trinajstić information content (AvgIpc) is 2.91. The Labute approximate surface area is 125 Å². The summed E-state index contributed by atoms with van der Waals surface area (Å²) in [6, 6.07) is 0. The molecule has 0 aliphatic heterocycles. The van der Waals surface area contributed by atoms with E-state index in [1.807, 2.05) is 13.8 Å². The number of halogens is 1. The molecule has 108 valence electrons. The van der Waals surface area contributed by atoms with E-state index in [0.717, 1.165) is 18.6 Å². The Bertz CT molecular complexity index is 636. The summed E-state index contributed by atoms with van der Waals surface area (Å²) in [6.45, 7) is 5.03. The van der Waals surface area contributed by atoms with Crippen LogP contribution in [0.4, 0.5) is 5.69 Å². The van der Waals surface area contributed by atoms with Gasteiger partial charge in [-0.1, -0.05) is 13.8 Å². The molecule has 2 aromatic rings. The summed E-state index contributed by atoms with van der Waals surface area (Å²) in [5.41, 5.74) is 0.497. The highest BCUT2D eigenvalue weighted by molar-refractivity contribution is 9.10. The maximum Gasteiger partial charge on any atom is 0.283 e. The van der Waals surface area contributed by atoms with Gasteiger partial charge in [-0.05, 0) is 22.4 Å². The molecule has 2 rings (SSSR count). The highest BCUT2D eigenvalue weighted by Gasteiger charge is 2.09. The van der Waals surface area contributed by atoms with E-state index in [2.05, 4.69) is 31.3 Å². The predicted octanol–water partition coefficient (Wildman–Crippen LogP) is 2.58. The molecule has 0 aromatic carbocycles. The fraction of sp³-hybridized carbons (Fsp3) is 0.462. The van der Waals surface area contributed by atoms with Crippen molar-refractivity contribution in [2.45, 2.75) is 39.8 Å². The van der Waals surface area contributed by atoms with Gasteiger partial charge in [0.1, 0.15) is 10.2 Å². The second kappa shape index (κ2) is 6.69. The van der Waals surface area contributed by atoms with Crippen molar-refractivity contribution in [1.82, 2.24) is 14.8 Å². The monoisotopic (exact) mass is 340 g/mol. The van der Waals surface area contributed by atoms with Gasteiger partial charge in [0.05, 0.1) is 24.6 Å². The van der Waals surface area contributed by atoms with Gasteiger partial charge in [-0.2, -0.15) is 5.10 Å². The van der Waals surface area contributed by atoms with E-state index in [0.29, 0.717) is 29.1 Å². The molecule has 0 unspecified atom stereocenters. The standard InChI is InChI=1S/C13H17BrN4O2/c1-3-5-18-13(19)12(14)10(7-17-18)15-8-11-16-6-9(4-2)20-11/h6-7,15H,3-5,8H2,1-2H3. The molecule has 20 heavy (non-hydrogen) atoms. The van der Waals surface area contributed by atoms with Crippen molar-refractivity contribution in [3.05, 3.63) is 38.9 Å². The maximum atomic E-state index is 12.0. The van der Waals surface area contributed by atoms with Crippen LogP contribution in [0, 0.1) is 0 Å². The molecule has 7 heteroatoms. The third-order valence-corrected chi connectivity index (χ3v) is 3.57. The molecule has 2 aromatic heterocycles. The molecular formula is C13H17BrN4O2. The predicted molar refractivity (Wildman–Crippen MR) is 79.7 cm³/mol. The van der Waals surface area contributed by atoms with Gasteiger partial charge >= 0.3 is 0 Å². The van der Waals surface area contributed by atoms with Gasteiger partial charge < -0.3 is 9.73 Å². The van der Waals surface area contributed by atoms with E-state index < -0.39 is 0 Å². The summed E-state index contributed by atoms with van der Waals surface area (Å²) in [6.07, 6.45) is 5.02. The van der Waals surface area contributed by atoms with Crippen LogP contribution in [0.25, 0.3) is 0 Å². The van der Waals surface area contributed by atoms with Crippen molar-refractivity contribution < 1.29 is 4.42 Å². The molecule has 0 amide bonds. The zero-order valence-electron chi connectivity index (χ0n) is 11.5. The molecule has 0 saturated carbocycles. The van der Waals surface area contributed by atoms with Crippen LogP contribution in [-0.2, 0) is 19.5 Å². The maximum absolute atomic E-state index is 12.0. The number of aromatic nitrogens is 3. The second-order valence-electron chi connectivity index (χ2n) is 4.33. The lowest BCUT2D eigenvalue weighted by atomic mass is 10.4. The summed E-state index contributed by atoms with van der Waals surface area (Å²) in [4.78, 5) is 16.2. The van der Waals surface area contributed by atoms with Gasteiger partial charge in [0.25, 0.3) is 5.56 Å². The Morgan fingerprint density at radius 1 is 1.40 bits per heavy atom. The summed E-state index contributed by atoms with van der Waals surface area (Å²) in [7, 11) is 0. The fourth-order valence-electron chi connectivity index (χ4n) is 1.72. The van der Waals surface area contributed by atoms with E-state index in [1.165, 1.54) is 4.68 Å². The molecule has 0 bridgehead atoms. The third-order valence-electron chi connectivity index (χ3n) is 2.80. The van der Waals surface area contributed by atoms with E-state index >= 15 is 0 Å². The van der Waals surface area contributed by atoms with Gasteiger partial charge in [0.15, 0.2) is 0 Å². The molecule has 0 aliphatic carbocycles. The average molecular weight is 341 g/mol. The molecule has 0 atom stereocenters. The van der Waals surface area contributed by atoms with Crippen LogP contribution in [0.5, 0.6) is 0 Å². The molecule has 0 radical (unpaired) electrons. The third kappa shape index (κ3) is 3.27. The molecule has 0 spiro atoms. The summed E-state index contributed by atoms with van der Waals surface area (Å²) in [5, 5.41) is 7.22. The minimum atomic E-state index is -0.140. The minimum Gasteiger partial charge on any atom is -0.444 e. The van der Waals surface area contributed by atoms with Gasteiger partial charge in [-0.3, -0.25) is 4.79 Å². The molecular weight excluding hydrogens is 324 g/mol. The van der Waals surface area contributed by atoms with Crippen molar-refractivity contribution in [3.8, 4) is 0 Å². The van der Waals surface area contributed by atoms with Crippen LogP contribution in [-0.4, -0.2) is 14.8 Å². The van der Waals surface area contributed by atoms with Crippen LogP contribution < -0.4 is 10.9 Å². The molecule has 0 fully saturated rings. The number of aryl methyl sites for hydroxylation is 2. The molecule has 1 N–H and O–H groups in total. The summed E-state index contributed by atoms with van der Waals surface area (Å²) < 4.78 is 7.41. The zero-order valence-corrected chi connectivity index (χ0v) is 13.1. The number of hydrogen-bond acceptors (Lipinski definition) is 5. The summed E-state index contributed by atoms with van der Waals surface area (Å²) >= 11 is 3.31. The van der Waals surface area contributed by atoms with Crippen molar-refractivity contribution in [2.75, 3.05) is 5.32 Å². The Balaban J connectivity index is 2.10. The zero-order chi connectivity index (χ0) is 14.5. The smallest absolute Gasteiger partial charge is 0.283 e. The number of nitrogens with zero attached hydrogens (tertiary/aromatic N) is 3. The van der Waals surface area contributed by atoms with Crippen LogP contribution >= 0.6 is 15.9 Å². The van der Waals surface area contributed by atoms with Crippen molar-refractivity contribution in [2.24, 2.45) is 0 Å². The molecule has 0 saturated heterocycles. The first-order chi connectivity index (χ1) is 9.65. The first kappa shape index (κ1) is 14.8. The fourth-order valence-corrected chi connectivity index (χ4v) is 2.17. The quantitative estimate of drug-likeness (QED) is 0.874. The number of anilines is 1. The lowest BCUT2D eigenvalue weighted by Crippen LogP contribution is -2.24. The Morgan fingerprint density at radius 2 is 2.20 bits per heavy atom. The molecule has 2 heterocycles. The number of rotatable bonds is 6. The number of oxazole rings is 1. The van der Waals surface area contributed by atoms with Gasteiger partial charge in [0.2, 0.25) is 5.89 Å². The second-order valence-corrected chi connectivity index (χ2v) is 5.12. The minimum absolute atomic E-state index is 0.140. The van der Waals surface area contributed by atoms with Crippen LogP contribution in [0.1, 0.15) is 31.9 Å². The van der Waals surface area contributed by atoms with Crippen molar-refractivity contribution in [3.63, 3.8) is 0 Å². The topological polar surface area (TPSA) is 73.0 Å². The normalized spacial score (nSPS) is 10.8. The van der Waals surface area contributed by atoms with E-state index in [9.17, 15) is 4.79 Å². The lowest BCUT2D eigenvalue weighted by molar-refractivity contribution is 0.465. The van der Waals surface area contributed by atoms with Crippen LogP contribution in [0.2, 0.25) is 0 Å². The van der Waals surface area contributed by atoms with Gasteiger partial charge in [-0.15, -0.1) is 0 Å². The Hall–Kier alpha value is -1.63. The highest BCUT2D eigenvalue weighted by atomic mass is 79.9. The molecule has 6 nitrogen and oxygen atoms in total. The lowest BCUT2D eigenvalue weighted by Gasteiger charge is -2.08. The van der Waals surface area contributed by atoms with Gasteiger partial charge in [0, 0.05) is 13.0 Å². The number of nitrogens with one attached hydrogen (secondary N) is 1. The van der Waals surface area contributed by atoms with Crippen LogP contribution in [0.15, 0.2) is 26.1 Å². The first-order valence-corrected chi connectivity index (χ1v) is 7.38. The van der Waals surface area contributed by atoms with Crippen molar-refractivity contribution in [1.29, 1.82) is 0 Å². The number of hydrogen-bond donors (Lipinski definition) is 1. The Morgan fingerprint density at radius 3 is 2.85 bits per heavy atom. The SMILES string of the molecule is CCCn1ncc(NCc2ncc(CC)o2)c(Br)c1=O. The van der Waals surface area contributed by atoms with E-state index in [1.54, 1.807) is 12.4 Å². The Kier molecular flexibility index (Phi) is 4.94. The largest absolute Gasteiger partial charge is 0.444 e. The first-order valence-electron chi connectivity index (χ1n) is 6.58. The van der Waals surface area contributed by atoms with Crippen molar-refractivity contribution >= 4 is 21.6 Å². The van der Waals surface area contributed by atoms with E-state index in [4.69, 9.17) is 4.42 Å². The van der Waals surface area contributed by atoms with Crippen LogP contribution in [0.3, 0.4) is 0 Å². The van der Waals surface area contributed by atoms with E-state index in [-0.39, 0.29) is 5.56 Å². The molecule has 0 aliphatic rings. The highest BCUT2D eigenvalue weighted by Crippen LogP contribution is 2.17.